The van der Waals surface area contributed by atoms with Gasteiger partial charge >= 0.3 is 0 Å². The molecular weight excluding hydrogens is 368 g/mol. The second-order valence-corrected chi connectivity index (χ2v) is 8.08. The third kappa shape index (κ3) is 3.67. The van der Waals surface area contributed by atoms with Gasteiger partial charge in [-0.05, 0) is 38.5 Å². The predicted molar refractivity (Wildman–Crippen MR) is 110 cm³/mol. The number of nitrogens with one attached hydrogen (secondary N) is 1. The van der Waals surface area contributed by atoms with E-state index in [4.69, 9.17) is 9.47 Å². The molecule has 29 heavy (non-hydrogen) atoms. The predicted octanol–water partition coefficient (Wildman–Crippen LogP) is 2.87. The summed E-state index contributed by atoms with van der Waals surface area (Å²) < 4.78 is 11.9. The quantitative estimate of drug-likeness (QED) is 0.847. The number of likely N-dealkylation sites (N-methyl/N-ethyl adjacent to an activating group) is 1. The molecule has 2 aromatic carbocycles. The summed E-state index contributed by atoms with van der Waals surface area (Å²) in [5.74, 6) is 0.861. The smallest absolute Gasteiger partial charge is 0.265 e. The Labute approximate surface area is 170 Å². The van der Waals surface area contributed by atoms with Crippen LogP contribution in [0.2, 0.25) is 0 Å². The lowest BCUT2D eigenvalue weighted by Gasteiger charge is -2.25. The Morgan fingerprint density at radius 3 is 2.72 bits per heavy atom. The second kappa shape index (κ2) is 7.43. The zero-order valence-corrected chi connectivity index (χ0v) is 17.0. The number of para-hydroxylation sites is 2. The molecule has 1 atom stereocenters. The molecule has 0 radical (unpaired) electrons. The third-order valence-electron chi connectivity index (χ3n) is 5.30. The van der Waals surface area contributed by atoms with Gasteiger partial charge in [-0.2, -0.15) is 0 Å². The number of carbonyl (C=O) groups is 2. The highest BCUT2D eigenvalue weighted by Crippen LogP contribution is 2.42. The molecule has 4 rings (SSSR count). The van der Waals surface area contributed by atoms with Gasteiger partial charge in [0.25, 0.3) is 5.91 Å². The summed E-state index contributed by atoms with van der Waals surface area (Å²) in [7, 11) is 0. The van der Waals surface area contributed by atoms with Crippen LogP contribution in [0.1, 0.15) is 31.9 Å². The van der Waals surface area contributed by atoms with Crippen molar-refractivity contribution >= 4 is 17.5 Å². The van der Waals surface area contributed by atoms with Gasteiger partial charge in [0.1, 0.15) is 11.6 Å². The van der Waals surface area contributed by atoms with E-state index in [1.165, 1.54) is 0 Å². The van der Waals surface area contributed by atoms with Crippen molar-refractivity contribution in [1.82, 2.24) is 5.32 Å². The van der Waals surface area contributed by atoms with E-state index in [2.05, 4.69) is 5.32 Å². The SMILES string of the molecule is CCNC(=O)C1Cc2ccccc2N1C(=O)COc1cccc2c1OC(C)(C)C2. The summed E-state index contributed by atoms with van der Waals surface area (Å²) in [5.41, 5.74) is 2.55. The first-order valence-corrected chi connectivity index (χ1v) is 10.0. The number of fused-ring (bicyclic) bond motifs is 2. The Kier molecular flexibility index (Phi) is 4.94. The number of hydrogen-bond acceptors (Lipinski definition) is 4. The fourth-order valence-corrected chi connectivity index (χ4v) is 4.11. The molecule has 0 fully saturated rings. The number of anilines is 1. The zero-order valence-electron chi connectivity index (χ0n) is 17.0. The van der Waals surface area contributed by atoms with E-state index < -0.39 is 6.04 Å². The molecular formula is C23H26N2O4. The molecule has 6 heteroatoms. The molecule has 2 aliphatic heterocycles. The Morgan fingerprint density at radius 2 is 1.93 bits per heavy atom. The molecule has 2 aromatic rings. The van der Waals surface area contributed by atoms with Crippen molar-refractivity contribution < 1.29 is 19.1 Å². The molecule has 2 aliphatic rings. The number of amides is 2. The van der Waals surface area contributed by atoms with Crippen molar-refractivity contribution in [2.75, 3.05) is 18.1 Å². The number of benzene rings is 2. The topological polar surface area (TPSA) is 67.9 Å². The van der Waals surface area contributed by atoms with Crippen LogP contribution in [0, 0.1) is 0 Å². The zero-order chi connectivity index (χ0) is 20.6. The summed E-state index contributed by atoms with van der Waals surface area (Å²) in [6.07, 6.45) is 1.30. The molecule has 2 amide bonds. The first-order valence-electron chi connectivity index (χ1n) is 10.0. The van der Waals surface area contributed by atoms with Gasteiger partial charge in [-0.3, -0.25) is 14.5 Å². The number of nitrogens with zero attached hydrogens (tertiary/aromatic N) is 1. The number of ether oxygens (including phenoxy) is 2. The van der Waals surface area contributed by atoms with Crippen molar-refractivity contribution in [2.45, 2.75) is 45.3 Å². The first kappa shape index (κ1) is 19.3. The Balaban J connectivity index is 1.53. The van der Waals surface area contributed by atoms with Crippen molar-refractivity contribution in [3.63, 3.8) is 0 Å². The van der Waals surface area contributed by atoms with Crippen molar-refractivity contribution in [3.05, 3.63) is 53.6 Å². The lowest BCUT2D eigenvalue weighted by atomic mass is 10.0. The molecule has 0 spiro atoms. The van der Waals surface area contributed by atoms with E-state index in [-0.39, 0.29) is 24.0 Å². The maximum Gasteiger partial charge on any atom is 0.265 e. The summed E-state index contributed by atoms with van der Waals surface area (Å²) in [5, 5.41) is 2.83. The lowest BCUT2D eigenvalue weighted by Crippen LogP contribution is -2.49. The molecule has 1 unspecified atom stereocenters. The Morgan fingerprint density at radius 1 is 1.17 bits per heavy atom. The molecule has 1 N–H and O–H groups in total. The van der Waals surface area contributed by atoms with E-state index in [1.807, 2.05) is 63.2 Å². The van der Waals surface area contributed by atoms with Gasteiger partial charge in [0, 0.05) is 30.6 Å². The summed E-state index contributed by atoms with van der Waals surface area (Å²) in [4.78, 5) is 27.2. The van der Waals surface area contributed by atoms with E-state index >= 15 is 0 Å². The Hall–Kier alpha value is -3.02. The highest BCUT2D eigenvalue weighted by molar-refractivity contribution is 6.04. The highest BCUT2D eigenvalue weighted by Gasteiger charge is 2.38. The van der Waals surface area contributed by atoms with Crippen LogP contribution < -0.4 is 19.7 Å². The van der Waals surface area contributed by atoms with E-state index in [1.54, 1.807) is 4.90 Å². The minimum Gasteiger partial charge on any atom is -0.483 e. The van der Waals surface area contributed by atoms with E-state index in [0.29, 0.717) is 24.5 Å². The van der Waals surface area contributed by atoms with Crippen molar-refractivity contribution in [1.29, 1.82) is 0 Å². The van der Waals surface area contributed by atoms with Crippen LogP contribution in [0.3, 0.4) is 0 Å². The van der Waals surface area contributed by atoms with Crippen LogP contribution >= 0.6 is 0 Å². The average Bonchev–Trinajstić information content (AvgIpc) is 3.22. The molecule has 152 valence electrons. The van der Waals surface area contributed by atoms with Gasteiger partial charge in [0.15, 0.2) is 18.1 Å². The van der Waals surface area contributed by atoms with Crippen molar-refractivity contribution in [2.24, 2.45) is 0 Å². The summed E-state index contributed by atoms with van der Waals surface area (Å²) in [6, 6.07) is 12.8. The van der Waals surface area contributed by atoms with Gasteiger partial charge in [0.05, 0.1) is 0 Å². The molecule has 0 bridgehead atoms. The van der Waals surface area contributed by atoms with Crippen LogP contribution in [0.5, 0.6) is 11.5 Å². The summed E-state index contributed by atoms with van der Waals surface area (Å²) >= 11 is 0. The minimum atomic E-state index is -0.555. The first-order chi connectivity index (χ1) is 13.9. The fourth-order valence-electron chi connectivity index (χ4n) is 4.11. The molecule has 0 aromatic heterocycles. The van der Waals surface area contributed by atoms with E-state index in [9.17, 15) is 9.59 Å². The van der Waals surface area contributed by atoms with Crippen LogP contribution in [0.4, 0.5) is 5.69 Å². The second-order valence-electron chi connectivity index (χ2n) is 8.08. The van der Waals surface area contributed by atoms with Gasteiger partial charge in [-0.1, -0.05) is 30.3 Å². The maximum atomic E-state index is 13.1. The van der Waals surface area contributed by atoms with Crippen LogP contribution in [-0.4, -0.2) is 36.6 Å². The number of hydrogen-bond donors (Lipinski definition) is 1. The van der Waals surface area contributed by atoms with E-state index in [0.717, 1.165) is 23.2 Å². The average molecular weight is 394 g/mol. The molecule has 0 saturated heterocycles. The summed E-state index contributed by atoms with van der Waals surface area (Å²) in [6.45, 7) is 6.28. The number of rotatable bonds is 5. The highest BCUT2D eigenvalue weighted by atomic mass is 16.5. The molecule has 0 saturated carbocycles. The number of carbonyl (C=O) groups excluding carboxylic acids is 2. The third-order valence-corrected chi connectivity index (χ3v) is 5.30. The molecule has 0 aliphatic carbocycles. The van der Waals surface area contributed by atoms with Crippen LogP contribution in [-0.2, 0) is 22.4 Å². The lowest BCUT2D eigenvalue weighted by molar-refractivity contribution is -0.127. The Bertz CT molecular complexity index is 954. The largest absolute Gasteiger partial charge is 0.483 e. The van der Waals surface area contributed by atoms with Gasteiger partial charge in [-0.25, -0.2) is 0 Å². The van der Waals surface area contributed by atoms with Crippen LogP contribution in [0.15, 0.2) is 42.5 Å². The fraction of sp³-hybridized carbons (Fsp3) is 0.391. The van der Waals surface area contributed by atoms with Gasteiger partial charge < -0.3 is 14.8 Å². The van der Waals surface area contributed by atoms with Crippen molar-refractivity contribution in [3.8, 4) is 11.5 Å². The molecule has 2 heterocycles. The minimum absolute atomic E-state index is 0.150. The maximum absolute atomic E-state index is 13.1. The standard InChI is InChI=1S/C23H26N2O4/c1-4-24-22(27)18-12-15-8-5-6-10-17(15)25(18)20(26)14-28-19-11-7-9-16-13-23(2,3)29-21(16)19/h5-11,18H,4,12-14H2,1-3H3,(H,24,27). The van der Waals surface area contributed by atoms with Gasteiger partial charge in [0.2, 0.25) is 5.91 Å². The van der Waals surface area contributed by atoms with Gasteiger partial charge in [-0.15, -0.1) is 0 Å². The molecule has 6 nitrogen and oxygen atoms in total. The monoisotopic (exact) mass is 394 g/mol. The normalized spacial score (nSPS) is 18.6. The van der Waals surface area contributed by atoms with Crippen LogP contribution in [0.25, 0.3) is 0 Å².